The number of fused-ring (bicyclic) bond motifs is 1. The van der Waals surface area contributed by atoms with Gasteiger partial charge in [-0.2, -0.15) is 0 Å². The molecule has 6 nitrogen and oxygen atoms in total. The van der Waals surface area contributed by atoms with Crippen molar-refractivity contribution in [3.8, 4) is 0 Å². The molecule has 0 saturated carbocycles. The van der Waals surface area contributed by atoms with Gasteiger partial charge in [0.1, 0.15) is 5.60 Å². The lowest BCUT2D eigenvalue weighted by Crippen LogP contribution is -2.38. The van der Waals surface area contributed by atoms with Gasteiger partial charge in [0.05, 0.1) is 11.4 Å². The molecule has 28 heavy (non-hydrogen) atoms. The van der Waals surface area contributed by atoms with E-state index in [1.165, 1.54) is 49.7 Å². The van der Waals surface area contributed by atoms with Gasteiger partial charge in [-0.1, -0.05) is 18.2 Å². The van der Waals surface area contributed by atoms with E-state index in [4.69, 9.17) is 0 Å². The molecule has 1 heterocycles. The number of thiophene rings is 1. The van der Waals surface area contributed by atoms with Gasteiger partial charge in [-0.25, -0.2) is 12.7 Å². The fourth-order valence-corrected chi connectivity index (χ4v) is 4.69. The third-order valence-corrected chi connectivity index (χ3v) is 7.64. The van der Waals surface area contributed by atoms with Gasteiger partial charge in [-0.3, -0.25) is 4.79 Å². The molecule has 8 heteroatoms. The Morgan fingerprint density at radius 1 is 1.14 bits per heavy atom. The van der Waals surface area contributed by atoms with Gasteiger partial charge in [0.2, 0.25) is 10.0 Å². The van der Waals surface area contributed by atoms with Gasteiger partial charge in [-0.05, 0) is 48.7 Å². The first kappa shape index (κ1) is 20.5. The van der Waals surface area contributed by atoms with Crippen LogP contribution in [0.4, 0.5) is 0 Å². The van der Waals surface area contributed by atoms with Crippen molar-refractivity contribution in [1.29, 1.82) is 0 Å². The van der Waals surface area contributed by atoms with Crippen molar-refractivity contribution in [3.63, 3.8) is 0 Å². The summed E-state index contributed by atoms with van der Waals surface area (Å²) in [6.45, 7) is 1.70. The van der Waals surface area contributed by atoms with E-state index in [1.807, 2.05) is 30.3 Å². The van der Waals surface area contributed by atoms with Crippen molar-refractivity contribution in [2.45, 2.75) is 17.4 Å². The lowest BCUT2D eigenvalue weighted by molar-refractivity contribution is 0.0557. The zero-order valence-electron chi connectivity index (χ0n) is 15.8. The summed E-state index contributed by atoms with van der Waals surface area (Å²) >= 11 is 1.49. The van der Waals surface area contributed by atoms with Crippen LogP contribution in [0.5, 0.6) is 0 Å². The number of rotatable bonds is 6. The molecule has 1 unspecified atom stereocenters. The molecule has 1 atom stereocenters. The second-order valence-corrected chi connectivity index (χ2v) is 10.2. The largest absolute Gasteiger partial charge is 0.383 e. The van der Waals surface area contributed by atoms with Crippen LogP contribution in [-0.4, -0.2) is 44.4 Å². The Labute approximate surface area is 168 Å². The highest BCUT2D eigenvalue weighted by Gasteiger charge is 2.26. The molecule has 2 aromatic carbocycles. The lowest BCUT2D eigenvalue weighted by Gasteiger charge is -2.22. The number of aliphatic hydroxyl groups is 1. The van der Waals surface area contributed by atoms with Crippen LogP contribution in [0.25, 0.3) is 10.1 Å². The highest BCUT2D eigenvalue weighted by atomic mass is 32.2. The highest BCUT2D eigenvalue weighted by Crippen LogP contribution is 2.32. The Kier molecular flexibility index (Phi) is 5.58. The van der Waals surface area contributed by atoms with E-state index in [-0.39, 0.29) is 17.3 Å². The van der Waals surface area contributed by atoms with E-state index in [0.29, 0.717) is 5.56 Å². The molecule has 0 spiro atoms. The molecule has 0 aliphatic carbocycles. The topological polar surface area (TPSA) is 86.7 Å². The maximum Gasteiger partial charge on any atom is 0.251 e. The number of benzene rings is 2. The minimum Gasteiger partial charge on any atom is -0.383 e. The number of sulfonamides is 1. The standard InChI is InChI=1S/C20H22N2O4S2/c1-20(24,18-12-15-6-4-5-7-17(15)27-18)13-21-19(23)14-8-10-16(11-9-14)28(25,26)22(2)3/h4-12,24H,13H2,1-3H3,(H,21,23). The minimum absolute atomic E-state index is 0.0381. The van der Waals surface area contributed by atoms with Gasteiger partial charge >= 0.3 is 0 Å². The SMILES string of the molecule is CN(C)S(=O)(=O)c1ccc(C(=O)NCC(C)(O)c2cc3ccccc3s2)cc1. The number of nitrogens with one attached hydrogen (secondary N) is 1. The average molecular weight is 419 g/mol. The first-order valence-corrected chi connectivity index (χ1v) is 10.9. The van der Waals surface area contributed by atoms with Crippen molar-refractivity contribution >= 4 is 37.4 Å². The van der Waals surface area contributed by atoms with Crippen molar-refractivity contribution < 1.29 is 18.3 Å². The number of hydrogen-bond donors (Lipinski definition) is 2. The van der Waals surface area contributed by atoms with E-state index in [9.17, 15) is 18.3 Å². The second-order valence-electron chi connectivity index (χ2n) is 6.92. The zero-order valence-corrected chi connectivity index (χ0v) is 17.5. The van der Waals surface area contributed by atoms with Crippen LogP contribution in [0.15, 0.2) is 59.5 Å². The van der Waals surface area contributed by atoms with Gasteiger partial charge in [0.15, 0.2) is 0 Å². The highest BCUT2D eigenvalue weighted by molar-refractivity contribution is 7.89. The summed E-state index contributed by atoms with van der Waals surface area (Å²) in [6.07, 6.45) is 0. The molecular formula is C20H22N2O4S2. The van der Waals surface area contributed by atoms with E-state index < -0.39 is 15.6 Å². The molecule has 1 amide bonds. The van der Waals surface area contributed by atoms with Crippen LogP contribution in [-0.2, 0) is 15.6 Å². The third-order valence-electron chi connectivity index (χ3n) is 4.44. The molecule has 2 N–H and O–H groups in total. The first-order valence-electron chi connectivity index (χ1n) is 8.63. The number of hydrogen-bond acceptors (Lipinski definition) is 5. The number of nitrogens with zero attached hydrogens (tertiary/aromatic N) is 1. The minimum atomic E-state index is -3.54. The van der Waals surface area contributed by atoms with Crippen LogP contribution < -0.4 is 5.32 Å². The fourth-order valence-electron chi connectivity index (χ4n) is 2.68. The maximum atomic E-state index is 12.4. The summed E-state index contributed by atoms with van der Waals surface area (Å²) < 4.78 is 26.4. The van der Waals surface area contributed by atoms with E-state index >= 15 is 0 Å². The van der Waals surface area contributed by atoms with Crippen molar-refractivity contribution in [2.24, 2.45) is 0 Å². The second kappa shape index (κ2) is 7.63. The normalized spacial score (nSPS) is 14.2. The summed E-state index contributed by atoms with van der Waals surface area (Å²) in [4.78, 5) is 13.3. The first-order chi connectivity index (χ1) is 13.1. The van der Waals surface area contributed by atoms with Crippen molar-refractivity contribution in [2.75, 3.05) is 20.6 Å². The number of amides is 1. The maximum absolute atomic E-state index is 12.4. The third kappa shape index (κ3) is 4.10. The molecular weight excluding hydrogens is 396 g/mol. The molecule has 0 aliphatic heterocycles. The predicted octanol–water partition coefficient (Wildman–Crippen LogP) is 2.79. The molecule has 0 fully saturated rings. The zero-order chi connectivity index (χ0) is 20.5. The summed E-state index contributed by atoms with van der Waals surface area (Å²) in [5.74, 6) is -0.379. The molecule has 3 aromatic rings. The molecule has 1 aromatic heterocycles. The summed E-state index contributed by atoms with van der Waals surface area (Å²) in [6, 6.07) is 15.5. The van der Waals surface area contributed by atoms with Crippen LogP contribution in [0.1, 0.15) is 22.2 Å². The van der Waals surface area contributed by atoms with Crippen LogP contribution in [0.2, 0.25) is 0 Å². The van der Waals surface area contributed by atoms with Crippen molar-refractivity contribution in [1.82, 2.24) is 9.62 Å². The smallest absolute Gasteiger partial charge is 0.251 e. The van der Waals surface area contributed by atoms with E-state index in [2.05, 4.69) is 5.32 Å². The van der Waals surface area contributed by atoms with Gasteiger partial charge < -0.3 is 10.4 Å². The van der Waals surface area contributed by atoms with E-state index in [0.717, 1.165) is 19.3 Å². The molecule has 0 bridgehead atoms. The Balaban J connectivity index is 1.70. The van der Waals surface area contributed by atoms with Crippen molar-refractivity contribution in [3.05, 3.63) is 65.0 Å². The number of carbonyl (C=O) groups is 1. The molecule has 0 aliphatic rings. The van der Waals surface area contributed by atoms with Gasteiger partial charge in [0, 0.05) is 29.2 Å². The molecule has 3 rings (SSSR count). The van der Waals surface area contributed by atoms with Crippen LogP contribution in [0, 0.1) is 0 Å². The van der Waals surface area contributed by atoms with Gasteiger partial charge in [-0.15, -0.1) is 11.3 Å². The molecule has 0 radical (unpaired) electrons. The predicted molar refractivity (Wildman–Crippen MR) is 111 cm³/mol. The lowest BCUT2D eigenvalue weighted by atomic mass is 10.0. The summed E-state index contributed by atoms with van der Waals surface area (Å²) in [5.41, 5.74) is -0.891. The molecule has 148 valence electrons. The number of carbonyl (C=O) groups excluding carboxylic acids is 1. The summed E-state index contributed by atoms with van der Waals surface area (Å²) in [7, 11) is -0.640. The summed E-state index contributed by atoms with van der Waals surface area (Å²) in [5, 5.41) is 14.6. The van der Waals surface area contributed by atoms with Crippen LogP contribution >= 0.6 is 11.3 Å². The quantitative estimate of drug-likeness (QED) is 0.644. The Hall–Kier alpha value is -2.26. The fraction of sp³-hybridized carbons (Fsp3) is 0.250. The van der Waals surface area contributed by atoms with E-state index in [1.54, 1.807) is 6.92 Å². The Morgan fingerprint density at radius 3 is 2.39 bits per heavy atom. The average Bonchev–Trinajstić information content (AvgIpc) is 3.11. The van der Waals surface area contributed by atoms with Gasteiger partial charge in [0.25, 0.3) is 5.91 Å². The Morgan fingerprint density at radius 2 is 1.79 bits per heavy atom. The molecule has 0 saturated heterocycles. The Bertz CT molecular complexity index is 1070. The monoisotopic (exact) mass is 418 g/mol. The van der Waals surface area contributed by atoms with Crippen LogP contribution in [0.3, 0.4) is 0 Å².